The predicted octanol–water partition coefficient (Wildman–Crippen LogP) is 0.939. The zero-order chi connectivity index (χ0) is 12.5. The van der Waals surface area contributed by atoms with Crippen LogP contribution in [0.5, 0.6) is 0 Å². The number of anilines is 2. The van der Waals surface area contributed by atoms with E-state index in [1.807, 2.05) is 0 Å². The minimum atomic E-state index is -0.735. The fourth-order valence-electron chi connectivity index (χ4n) is 2.35. The van der Waals surface area contributed by atoms with Gasteiger partial charge in [-0.15, -0.1) is 0 Å². The monoisotopic (exact) mass is 240 g/mol. The van der Waals surface area contributed by atoms with Gasteiger partial charge in [0.25, 0.3) is 0 Å². The molecule has 0 saturated heterocycles. The van der Waals surface area contributed by atoms with Gasteiger partial charge in [0.2, 0.25) is 5.95 Å². The second kappa shape index (κ2) is 4.44. The molecule has 1 aliphatic carbocycles. The second-order valence-corrected chi connectivity index (χ2v) is 4.69. The van der Waals surface area contributed by atoms with E-state index in [4.69, 9.17) is 5.73 Å². The second-order valence-electron chi connectivity index (χ2n) is 4.69. The summed E-state index contributed by atoms with van der Waals surface area (Å²) in [6.07, 6.45) is 4.57. The maximum atomic E-state index is 13.5. The third kappa shape index (κ3) is 2.63. The van der Waals surface area contributed by atoms with Gasteiger partial charge < -0.3 is 15.7 Å². The topological polar surface area (TPSA) is 75.3 Å². The Hall–Kier alpha value is -1.43. The summed E-state index contributed by atoms with van der Waals surface area (Å²) in [7, 11) is 1.70. The highest BCUT2D eigenvalue weighted by Gasteiger charge is 2.33. The molecule has 5 nitrogen and oxygen atoms in total. The van der Waals surface area contributed by atoms with Crippen LogP contribution in [0, 0.1) is 5.82 Å². The Balaban J connectivity index is 2.13. The Labute approximate surface area is 99.5 Å². The summed E-state index contributed by atoms with van der Waals surface area (Å²) in [6, 6.07) is 0. The number of hydrogen-bond acceptors (Lipinski definition) is 5. The van der Waals surface area contributed by atoms with Crippen molar-refractivity contribution in [3.8, 4) is 0 Å². The number of nitrogen functional groups attached to an aromatic ring is 1. The fraction of sp³-hybridized carbons (Fsp3) is 0.636. The SMILES string of the molecule is CN(CC1(O)CCCC1)c1nc(N)ncc1F. The summed E-state index contributed by atoms with van der Waals surface area (Å²) < 4.78 is 13.5. The van der Waals surface area contributed by atoms with Gasteiger partial charge in [-0.3, -0.25) is 0 Å². The van der Waals surface area contributed by atoms with Gasteiger partial charge in [0.1, 0.15) is 0 Å². The number of hydrogen-bond donors (Lipinski definition) is 2. The molecule has 1 aromatic rings. The van der Waals surface area contributed by atoms with E-state index in [1.54, 1.807) is 11.9 Å². The van der Waals surface area contributed by atoms with E-state index >= 15 is 0 Å². The molecule has 0 aromatic carbocycles. The minimum Gasteiger partial charge on any atom is -0.388 e. The van der Waals surface area contributed by atoms with Crippen molar-refractivity contribution in [3.05, 3.63) is 12.0 Å². The Morgan fingerprint density at radius 1 is 1.53 bits per heavy atom. The molecular weight excluding hydrogens is 223 g/mol. The molecule has 0 unspecified atom stereocenters. The van der Waals surface area contributed by atoms with E-state index in [-0.39, 0.29) is 11.8 Å². The molecule has 0 amide bonds. The van der Waals surface area contributed by atoms with Crippen LogP contribution >= 0.6 is 0 Å². The van der Waals surface area contributed by atoms with E-state index in [9.17, 15) is 9.50 Å². The summed E-state index contributed by atoms with van der Waals surface area (Å²) in [6.45, 7) is 0.361. The molecule has 17 heavy (non-hydrogen) atoms. The lowest BCUT2D eigenvalue weighted by Gasteiger charge is -2.29. The van der Waals surface area contributed by atoms with E-state index < -0.39 is 11.4 Å². The summed E-state index contributed by atoms with van der Waals surface area (Å²) in [4.78, 5) is 9.02. The molecule has 2 rings (SSSR count). The minimum absolute atomic E-state index is 0.0339. The molecule has 1 fully saturated rings. The molecule has 1 aliphatic rings. The Kier molecular flexibility index (Phi) is 3.15. The van der Waals surface area contributed by atoms with Crippen molar-refractivity contribution in [1.82, 2.24) is 9.97 Å². The average molecular weight is 240 g/mol. The lowest BCUT2D eigenvalue weighted by molar-refractivity contribution is 0.0557. The molecule has 0 bridgehead atoms. The Morgan fingerprint density at radius 2 is 2.18 bits per heavy atom. The number of halogens is 1. The Bertz CT molecular complexity index is 406. The van der Waals surface area contributed by atoms with Gasteiger partial charge in [-0.1, -0.05) is 12.8 Å². The van der Waals surface area contributed by atoms with Crippen LogP contribution in [-0.4, -0.2) is 34.3 Å². The third-order valence-electron chi connectivity index (χ3n) is 3.17. The van der Waals surface area contributed by atoms with Gasteiger partial charge in [-0.25, -0.2) is 9.37 Å². The maximum absolute atomic E-state index is 13.5. The number of nitrogens with two attached hydrogens (primary N) is 1. The number of aliphatic hydroxyl groups is 1. The van der Waals surface area contributed by atoms with Crippen LogP contribution in [0.1, 0.15) is 25.7 Å². The van der Waals surface area contributed by atoms with Crippen LogP contribution in [0.15, 0.2) is 6.20 Å². The molecule has 0 spiro atoms. The van der Waals surface area contributed by atoms with Crippen molar-refractivity contribution in [3.63, 3.8) is 0 Å². The van der Waals surface area contributed by atoms with Gasteiger partial charge in [0, 0.05) is 13.6 Å². The molecule has 94 valence electrons. The summed E-state index contributed by atoms with van der Waals surface area (Å²) in [5.41, 5.74) is 4.69. The molecule has 3 N–H and O–H groups in total. The number of likely N-dealkylation sites (N-methyl/N-ethyl adjacent to an activating group) is 1. The molecule has 1 aromatic heterocycles. The molecular formula is C11H17FN4O. The average Bonchev–Trinajstić information content (AvgIpc) is 2.68. The largest absolute Gasteiger partial charge is 0.388 e. The summed E-state index contributed by atoms with van der Waals surface area (Å²) >= 11 is 0. The van der Waals surface area contributed by atoms with Crippen LogP contribution in [0.25, 0.3) is 0 Å². The van der Waals surface area contributed by atoms with Gasteiger partial charge in [0.05, 0.1) is 11.8 Å². The number of rotatable bonds is 3. The zero-order valence-corrected chi connectivity index (χ0v) is 9.86. The summed E-state index contributed by atoms with van der Waals surface area (Å²) in [5, 5.41) is 10.2. The molecule has 0 atom stereocenters. The van der Waals surface area contributed by atoms with Crippen LogP contribution < -0.4 is 10.6 Å². The van der Waals surface area contributed by atoms with Crippen LogP contribution in [0.2, 0.25) is 0 Å². The number of nitrogens with zero attached hydrogens (tertiary/aromatic N) is 3. The van der Waals surface area contributed by atoms with E-state index in [2.05, 4.69) is 9.97 Å². The van der Waals surface area contributed by atoms with Crippen LogP contribution in [-0.2, 0) is 0 Å². The molecule has 1 heterocycles. The van der Waals surface area contributed by atoms with Crippen molar-refractivity contribution < 1.29 is 9.50 Å². The highest BCUT2D eigenvalue weighted by Crippen LogP contribution is 2.31. The quantitative estimate of drug-likeness (QED) is 0.822. The van der Waals surface area contributed by atoms with Crippen molar-refractivity contribution in [2.24, 2.45) is 0 Å². The Morgan fingerprint density at radius 3 is 2.82 bits per heavy atom. The predicted molar refractivity (Wildman–Crippen MR) is 63.1 cm³/mol. The van der Waals surface area contributed by atoms with Gasteiger partial charge in [-0.2, -0.15) is 4.98 Å². The van der Waals surface area contributed by atoms with E-state index in [1.165, 1.54) is 0 Å². The highest BCUT2D eigenvalue weighted by molar-refractivity contribution is 5.42. The number of aromatic nitrogens is 2. The third-order valence-corrected chi connectivity index (χ3v) is 3.17. The van der Waals surface area contributed by atoms with Crippen molar-refractivity contribution in [2.45, 2.75) is 31.3 Å². The summed E-state index contributed by atoms with van der Waals surface area (Å²) in [5.74, 6) is -0.354. The lowest BCUT2D eigenvalue weighted by Crippen LogP contribution is -2.40. The molecule has 1 saturated carbocycles. The first kappa shape index (κ1) is 12.0. The molecule has 0 radical (unpaired) electrons. The maximum Gasteiger partial charge on any atom is 0.222 e. The van der Waals surface area contributed by atoms with Gasteiger partial charge >= 0.3 is 0 Å². The van der Waals surface area contributed by atoms with Crippen LogP contribution in [0.3, 0.4) is 0 Å². The van der Waals surface area contributed by atoms with E-state index in [0.717, 1.165) is 31.9 Å². The van der Waals surface area contributed by atoms with E-state index in [0.29, 0.717) is 6.54 Å². The fourth-order valence-corrected chi connectivity index (χ4v) is 2.35. The first-order chi connectivity index (χ1) is 8.00. The lowest BCUT2D eigenvalue weighted by atomic mass is 10.0. The van der Waals surface area contributed by atoms with Crippen molar-refractivity contribution >= 4 is 11.8 Å². The highest BCUT2D eigenvalue weighted by atomic mass is 19.1. The first-order valence-electron chi connectivity index (χ1n) is 5.72. The zero-order valence-electron chi connectivity index (χ0n) is 9.86. The van der Waals surface area contributed by atoms with Crippen molar-refractivity contribution in [2.75, 3.05) is 24.2 Å². The van der Waals surface area contributed by atoms with Crippen molar-refractivity contribution in [1.29, 1.82) is 0 Å². The molecule has 0 aliphatic heterocycles. The molecule has 6 heteroatoms. The van der Waals surface area contributed by atoms with Crippen LogP contribution in [0.4, 0.5) is 16.2 Å². The smallest absolute Gasteiger partial charge is 0.222 e. The first-order valence-corrected chi connectivity index (χ1v) is 5.72. The standard InChI is InChI=1S/C11H17FN4O/c1-16(7-11(17)4-2-3-5-11)9-8(12)6-14-10(13)15-9/h6,17H,2-5,7H2,1H3,(H2,13,14,15). The van der Waals surface area contributed by atoms with Gasteiger partial charge in [-0.05, 0) is 12.8 Å². The normalized spacial score (nSPS) is 18.3. The van der Waals surface area contributed by atoms with Gasteiger partial charge in [0.15, 0.2) is 11.6 Å².